The minimum atomic E-state index is 0.0110. The van der Waals surface area contributed by atoms with E-state index >= 15 is 0 Å². The smallest absolute Gasteiger partial charge is 0.236 e. The number of nitrogens with one attached hydrogen (secondary N) is 1. The van der Waals surface area contributed by atoms with E-state index in [0.717, 1.165) is 21.2 Å². The van der Waals surface area contributed by atoms with Gasteiger partial charge in [0, 0.05) is 15.3 Å². The molecule has 1 amide bonds. The Bertz CT molecular complexity index is 649. The topological polar surface area (TPSA) is 41.5 Å². The molecular formula is C13H9ClN2OS2. The number of rotatable bonds is 2. The Balaban J connectivity index is 1.83. The van der Waals surface area contributed by atoms with Gasteiger partial charge in [-0.05, 0) is 23.8 Å². The summed E-state index contributed by atoms with van der Waals surface area (Å²) in [6.07, 6.45) is 0. The number of hydrogen-bond acceptors (Lipinski definition) is 4. The molecule has 96 valence electrons. The van der Waals surface area contributed by atoms with Crippen LogP contribution in [0.4, 0.5) is 5.69 Å². The molecule has 0 spiro atoms. The van der Waals surface area contributed by atoms with Crippen LogP contribution in [0.3, 0.4) is 0 Å². The van der Waals surface area contributed by atoms with E-state index in [1.54, 1.807) is 11.3 Å². The van der Waals surface area contributed by atoms with Crippen molar-refractivity contribution < 1.29 is 4.79 Å². The number of thiophene rings is 1. The van der Waals surface area contributed by atoms with E-state index in [-0.39, 0.29) is 5.91 Å². The van der Waals surface area contributed by atoms with Gasteiger partial charge < -0.3 is 5.32 Å². The monoisotopic (exact) mass is 308 g/mol. The van der Waals surface area contributed by atoms with Crippen LogP contribution in [0.2, 0.25) is 5.02 Å². The maximum atomic E-state index is 11.1. The Morgan fingerprint density at radius 1 is 1.26 bits per heavy atom. The standard InChI is InChI=1S/C13H9ClN2OS2/c14-9-3-1-8(2-4-9)11-5-10(6-18-11)15-13-16-12(17)7-19-13/h1-6H,7H2,(H,15,16,17). The van der Waals surface area contributed by atoms with Crippen LogP contribution in [0.15, 0.2) is 40.7 Å². The number of benzene rings is 1. The van der Waals surface area contributed by atoms with Crippen LogP contribution in [0.1, 0.15) is 0 Å². The molecule has 0 bridgehead atoms. The van der Waals surface area contributed by atoms with Crippen LogP contribution in [0, 0.1) is 0 Å². The average molecular weight is 309 g/mol. The van der Waals surface area contributed by atoms with Crippen LogP contribution >= 0.6 is 34.7 Å². The highest BCUT2D eigenvalue weighted by atomic mass is 35.5. The molecule has 0 radical (unpaired) electrons. The van der Waals surface area contributed by atoms with Crippen molar-refractivity contribution in [1.82, 2.24) is 5.32 Å². The van der Waals surface area contributed by atoms with Crippen LogP contribution in [0.25, 0.3) is 10.4 Å². The van der Waals surface area contributed by atoms with E-state index < -0.39 is 0 Å². The fourth-order valence-electron chi connectivity index (χ4n) is 1.65. The molecule has 1 aliphatic rings. The number of hydrogen-bond donors (Lipinski definition) is 1. The summed E-state index contributed by atoms with van der Waals surface area (Å²) in [4.78, 5) is 16.6. The van der Waals surface area contributed by atoms with Crippen LogP contribution < -0.4 is 5.32 Å². The SMILES string of the molecule is O=C1CSC(=Nc2csc(-c3ccc(Cl)cc3)c2)N1. The fourth-order valence-corrected chi connectivity index (χ4v) is 3.30. The summed E-state index contributed by atoms with van der Waals surface area (Å²) in [7, 11) is 0. The minimum absolute atomic E-state index is 0.0110. The average Bonchev–Trinajstić information content (AvgIpc) is 3.00. The summed E-state index contributed by atoms with van der Waals surface area (Å²) < 4.78 is 0. The summed E-state index contributed by atoms with van der Waals surface area (Å²) in [5.41, 5.74) is 1.98. The fraction of sp³-hybridized carbons (Fsp3) is 0.0769. The first-order valence-corrected chi connectivity index (χ1v) is 7.81. The lowest BCUT2D eigenvalue weighted by atomic mass is 10.2. The minimum Gasteiger partial charge on any atom is -0.304 e. The molecule has 0 saturated carbocycles. The Morgan fingerprint density at radius 2 is 2.05 bits per heavy atom. The van der Waals surface area contributed by atoms with Gasteiger partial charge in [0.15, 0.2) is 5.17 Å². The van der Waals surface area contributed by atoms with E-state index in [1.165, 1.54) is 11.8 Å². The quantitative estimate of drug-likeness (QED) is 0.913. The second kappa shape index (κ2) is 5.36. The Hall–Kier alpha value is -1.30. The van der Waals surface area contributed by atoms with Gasteiger partial charge in [-0.3, -0.25) is 4.79 Å². The van der Waals surface area contributed by atoms with Gasteiger partial charge in [-0.1, -0.05) is 35.5 Å². The lowest BCUT2D eigenvalue weighted by Gasteiger charge is -1.96. The van der Waals surface area contributed by atoms with Crippen molar-refractivity contribution in [3.05, 3.63) is 40.7 Å². The molecule has 0 atom stereocenters. The van der Waals surface area contributed by atoms with Crippen molar-refractivity contribution in [2.24, 2.45) is 4.99 Å². The molecule has 19 heavy (non-hydrogen) atoms. The Labute approximate surface area is 123 Å². The number of halogens is 1. The normalized spacial score (nSPS) is 16.9. The van der Waals surface area contributed by atoms with Crippen molar-refractivity contribution in [3.63, 3.8) is 0 Å². The number of carbonyl (C=O) groups excluding carboxylic acids is 1. The Kier molecular flexibility index (Phi) is 3.59. The molecule has 1 aromatic heterocycles. The number of amides is 1. The van der Waals surface area contributed by atoms with Crippen LogP contribution in [-0.2, 0) is 4.79 Å². The van der Waals surface area contributed by atoms with Crippen molar-refractivity contribution >= 4 is 51.5 Å². The molecule has 1 aliphatic heterocycles. The third-order valence-electron chi connectivity index (χ3n) is 2.53. The highest BCUT2D eigenvalue weighted by molar-refractivity contribution is 8.15. The number of amidine groups is 1. The van der Waals surface area contributed by atoms with Crippen molar-refractivity contribution in [2.45, 2.75) is 0 Å². The predicted molar refractivity (Wildman–Crippen MR) is 82.5 cm³/mol. The van der Waals surface area contributed by atoms with E-state index in [1.807, 2.05) is 35.7 Å². The van der Waals surface area contributed by atoms with Crippen molar-refractivity contribution in [1.29, 1.82) is 0 Å². The van der Waals surface area contributed by atoms with Gasteiger partial charge in [0.25, 0.3) is 0 Å². The summed E-state index contributed by atoms with van der Waals surface area (Å²) >= 11 is 8.92. The maximum absolute atomic E-state index is 11.1. The molecule has 2 heterocycles. The molecule has 1 saturated heterocycles. The lowest BCUT2D eigenvalue weighted by Crippen LogP contribution is -2.19. The van der Waals surface area contributed by atoms with Crippen molar-refractivity contribution in [2.75, 3.05) is 5.75 Å². The zero-order valence-electron chi connectivity index (χ0n) is 9.72. The molecule has 0 unspecified atom stereocenters. The number of nitrogens with zero attached hydrogens (tertiary/aromatic N) is 1. The molecule has 0 aliphatic carbocycles. The van der Waals surface area contributed by atoms with Crippen LogP contribution in [-0.4, -0.2) is 16.8 Å². The first-order valence-electron chi connectivity index (χ1n) is 5.56. The third kappa shape index (κ3) is 3.00. The lowest BCUT2D eigenvalue weighted by molar-refractivity contribution is -0.116. The van der Waals surface area contributed by atoms with E-state index in [2.05, 4.69) is 10.3 Å². The molecule has 1 N–H and O–H groups in total. The highest BCUT2D eigenvalue weighted by Gasteiger charge is 2.16. The van der Waals surface area contributed by atoms with Gasteiger partial charge in [0.1, 0.15) is 0 Å². The molecule has 6 heteroatoms. The van der Waals surface area contributed by atoms with Gasteiger partial charge in [0.2, 0.25) is 5.91 Å². The summed E-state index contributed by atoms with van der Waals surface area (Å²) in [6.45, 7) is 0. The number of aliphatic imine (C=N–C) groups is 1. The summed E-state index contributed by atoms with van der Waals surface area (Å²) in [6, 6.07) is 9.71. The van der Waals surface area contributed by atoms with Crippen molar-refractivity contribution in [3.8, 4) is 10.4 Å². The second-order valence-electron chi connectivity index (χ2n) is 3.93. The molecule has 1 fully saturated rings. The molecule has 3 nitrogen and oxygen atoms in total. The van der Waals surface area contributed by atoms with Crippen LogP contribution in [0.5, 0.6) is 0 Å². The first kappa shape index (κ1) is 12.7. The van der Waals surface area contributed by atoms with Gasteiger partial charge >= 0.3 is 0 Å². The highest BCUT2D eigenvalue weighted by Crippen LogP contribution is 2.32. The zero-order valence-corrected chi connectivity index (χ0v) is 12.1. The molecule has 1 aromatic carbocycles. The maximum Gasteiger partial charge on any atom is 0.236 e. The molecular weight excluding hydrogens is 300 g/mol. The van der Waals surface area contributed by atoms with Gasteiger partial charge in [-0.2, -0.15) is 0 Å². The number of carbonyl (C=O) groups is 1. The van der Waals surface area contributed by atoms with Gasteiger partial charge in [0.05, 0.1) is 11.4 Å². The second-order valence-corrected chi connectivity index (χ2v) is 6.24. The predicted octanol–water partition coefficient (Wildman–Crippen LogP) is 3.92. The van der Waals surface area contributed by atoms with Gasteiger partial charge in [-0.15, -0.1) is 11.3 Å². The molecule has 3 rings (SSSR count). The largest absolute Gasteiger partial charge is 0.304 e. The van der Waals surface area contributed by atoms with E-state index in [0.29, 0.717) is 10.9 Å². The summed E-state index contributed by atoms with van der Waals surface area (Å²) in [5.74, 6) is 0.462. The Morgan fingerprint density at radius 3 is 2.74 bits per heavy atom. The molecule has 2 aromatic rings. The third-order valence-corrected chi connectivity index (χ3v) is 4.62. The number of thioether (sulfide) groups is 1. The van der Waals surface area contributed by atoms with E-state index in [9.17, 15) is 4.79 Å². The van der Waals surface area contributed by atoms with Gasteiger partial charge in [-0.25, -0.2) is 4.99 Å². The van der Waals surface area contributed by atoms with E-state index in [4.69, 9.17) is 11.6 Å². The zero-order chi connectivity index (χ0) is 13.2. The summed E-state index contributed by atoms with van der Waals surface area (Å²) in [5, 5.41) is 6.09. The first-order chi connectivity index (χ1) is 9.20.